The van der Waals surface area contributed by atoms with Crippen LogP contribution in [0.4, 0.5) is 15.8 Å². The molecule has 0 spiro atoms. The molecular weight excluding hydrogens is 275 g/mol. The Kier molecular flexibility index (Phi) is 3.82. The van der Waals surface area contributed by atoms with E-state index < -0.39 is 11.7 Å². The lowest BCUT2D eigenvalue weighted by Gasteiger charge is -2.09. The smallest absolute Gasteiger partial charge is 0.244 e. The van der Waals surface area contributed by atoms with Crippen LogP contribution in [0.1, 0.15) is 11.4 Å². The van der Waals surface area contributed by atoms with Gasteiger partial charge in [0, 0.05) is 0 Å². The Bertz CT molecular complexity index is 783. The van der Waals surface area contributed by atoms with Crippen molar-refractivity contribution in [3.63, 3.8) is 0 Å². The van der Waals surface area contributed by atoms with Gasteiger partial charge in [0.05, 0.1) is 17.7 Å². The maximum Gasteiger partial charge on any atom is 0.244 e. The van der Waals surface area contributed by atoms with Gasteiger partial charge in [-0.2, -0.15) is 10.5 Å². The molecule has 0 bridgehead atoms. The van der Waals surface area contributed by atoms with Crippen molar-refractivity contribution in [3.8, 4) is 12.1 Å². The monoisotopic (exact) mass is 284 g/mol. The fraction of sp³-hybridized carbons (Fsp3) is 0.0769. The highest BCUT2D eigenvalue weighted by atomic mass is 19.1. The Morgan fingerprint density at radius 2 is 2.19 bits per heavy atom. The Hall–Kier alpha value is -3.39. The second-order valence-corrected chi connectivity index (χ2v) is 4.07. The predicted molar refractivity (Wildman–Crippen MR) is 71.1 cm³/mol. The summed E-state index contributed by atoms with van der Waals surface area (Å²) in [7, 11) is 0. The van der Waals surface area contributed by atoms with Crippen molar-refractivity contribution in [2.24, 2.45) is 0 Å². The minimum absolute atomic E-state index is 0.0140. The Morgan fingerprint density at radius 3 is 2.86 bits per heavy atom. The number of aromatic nitrogens is 2. The number of hydrogen-bond acceptors (Lipinski definition) is 5. The highest BCUT2D eigenvalue weighted by Crippen LogP contribution is 2.19. The van der Waals surface area contributed by atoms with Crippen molar-refractivity contribution in [1.82, 2.24) is 9.55 Å². The van der Waals surface area contributed by atoms with Gasteiger partial charge in [0.25, 0.3) is 0 Å². The van der Waals surface area contributed by atoms with Gasteiger partial charge >= 0.3 is 0 Å². The standard InChI is InChI=1S/C13H9FN6O/c14-8-1-2-9(17)10(3-8)19-13(21)6-20-7-18-11(4-15)12(20)5-16/h1-3,7H,6,17H2,(H,19,21). The molecule has 21 heavy (non-hydrogen) atoms. The molecule has 1 aromatic carbocycles. The molecular formula is C13H9FN6O. The molecule has 0 aliphatic rings. The summed E-state index contributed by atoms with van der Waals surface area (Å²) >= 11 is 0. The molecule has 3 N–H and O–H groups in total. The number of carbonyl (C=O) groups excluding carboxylic acids is 1. The highest BCUT2D eigenvalue weighted by molar-refractivity contribution is 5.93. The molecule has 8 heteroatoms. The van der Waals surface area contributed by atoms with Gasteiger partial charge in [0.15, 0.2) is 11.4 Å². The topological polar surface area (TPSA) is 121 Å². The molecule has 0 saturated carbocycles. The highest BCUT2D eigenvalue weighted by Gasteiger charge is 2.13. The molecule has 1 amide bonds. The lowest BCUT2D eigenvalue weighted by molar-refractivity contribution is -0.116. The van der Waals surface area contributed by atoms with Gasteiger partial charge in [-0.1, -0.05) is 0 Å². The van der Waals surface area contributed by atoms with Crippen LogP contribution in [0.2, 0.25) is 0 Å². The van der Waals surface area contributed by atoms with E-state index in [-0.39, 0.29) is 29.3 Å². The number of amides is 1. The van der Waals surface area contributed by atoms with Gasteiger partial charge in [-0.3, -0.25) is 4.79 Å². The van der Waals surface area contributed by atoms with E-state index in [0.717, 1.165) is 6.07 Å². The van der Waals surface area contributed by atoms with Crippen molar-refractivity contribution in [2.75, 3.05) is 11.1 Å². The number of rotatable bonds is 3. The fourth-order valence-corrected chi connectivity index (χ4v) is 1.68. The minimum atomic E-state index is -0.536. The molecule has 7 nitrogen and oxygen atoms in total. The second-order valence-electron chi connectivity index (χ2n) is 4.07. The number of carbonyl (C=O) groups is 1. The normalized spacial score (nSPS) is 9.67. The third kappa shape index (κ3) is 2.96. The summed E-state index contributed by atoms with van der Waals surface area (Å²) in [5, 5.41) is 20.1. The summed E-state index contributed by atoms with van der Waals surface area (Å²) < 4.78 is 14.3. The van der Waals surface area contributed by atoms with Crippen molar-refractivity contribution in [1.29, 1.82) is 10.5 Å². The number of nitrogens with zero attached hydrogens (tertiary/aromatic N) is 4. The van der Waals surface area contributed by atoms with E-state index in [2.05, 4.69) is 10.3 Å². The van der Waals surface area contributed by atoms with Crippen molar-refractivity contribution < 1.29 is 9.18 Å². The maximum absolute atomic E-state index is 13.1. The molecule has 0 radical (unpaired) electrons. The van der Waals surface area contributed by atoms with Crippen LogP contribution in [0.15, 0.2) is 24.5 Å². The zero-order valence-electron chi connectivity index (χ0n) is 10.7. The number of nitrogens with two attached hydrogens (primary N) is 1. The van der Waals surface area contributed by atoms with Gasteiger partial charge in [-0.15, -0.1) is 0 Å². The summed E-state index contributed by atoms with van der Waals surface area (Å²) in [5.41, 5.74) is 5.90. The van der Waals surface area contributed by atoms with E-state index in [1.165, 1.54) is 23.0 Å². The van der Waals surface area contributed by atoms with Crippen LogP contribution in [0.25, 0.3) is 0 Å². The summed E-state index contributed by atoms with van der Waals surface area (Å²) in [6, 6.07) is 7.14. The Labute approximate surface area is 119 Å². The lowest BCUT2D eigenvalue weighted by atomic mass is 10.2. The summed E-state index contributed by atoms with van der Waals surface area (Å²) in [4.78, 5) is 15.6. The molecule has 1 aromatic heterocycles. The van der Waals surface area contributed by atoms with Crippen LogP contribution in [-0.4, -0.2) is 15.5 Å². The number of nitriles is 2. The van der Waals surface area contributed by atoms with Crippen molar-refractivity contribution in [2.45, 2.75) is 6.54 Å². The van der Waals surface area contributed by atoms with E-state index in [1.54, 1.807) is 12.1 Å². The number of halogens is 1. The molecule has 2 rings (SSSR count). The molecule has 0 saturated heterocycles. The third-order valence-electron chi connectivity index (χ3n) is 2.65. The number of nitrogen functional groups attached to an aromatic ring is 1. The van der Waals surface area contributed by atoms with E-state index in [4.69, 9.17) is 16.3 Å². The first kappa shape index (κ1) is 14.0. The van der Waals surface area contributed by atoms with Crippen molar-refractivity contribution >= 4 is 17.3 Å². The molecule has 104 valence electrons. The number of hydrogen-bond donors (Lipinski definition) is 2. The number of imidazole rings is 1. The quantitative estimate of drug-likeness (QED) is 0.814. The number of anilines is 2. The zero-order valence-corrected chi connectivity index (χ0v) is 10.7. The summed E-state index contributed by atoms with van der Waals surface area (Å²) in [6.45, 7) is -0.243. The minimum Gasteiger partial charge on any atom is -0.397 e. The van der Waals surface area contributed by atoms with E-state index in [0.29, 0.717) is 0 Å². The molecule has 2 aromatic rings. The lowest BCUT2D eigenvalue weighted by Crippen LogP contribution is -2.20. The molecule has 0 atom stereocenters. The van der Waals surface area contributed by atoms with Gasteiger partial charge in [-0.25, -0.2) is 9.37 Å². The molecule has 1 heterocycles. The van der Waals surface area contributed by atoms with Gasteiger partial charge in [0.2, 0.25) is 5.91 Å². The average Bonchev–Trinajstić information content (AvgIpc) is 2.84. The van der Waals surface area contributed by atoms with Gasteiger partial charge in [0.1, 0.15) is 24.5 Å². The first-order valence-corrected chi connectivity index (χ1v) is 5.75. The van der Waals surface area contributed by atoms with Gasteiger partial charge < -0.3 is 15.6 Å². The zero-order chi connectivity index (χ0) is 15.4. The van der Waals surface area contributed by atoms with Crippen molar-refractivity contribution in [3.05, 3.63) is 41.7 Å². The molecule has 0 aliphatic carbocycles. The van der Waals surface area contributed by atoms with Gasteiger partial charge in [-0.05, 0) is 18.2 Å². The maximum atomic E-state index is 13.1. The fourth-order valence-electron chi connectivity index (χ4n) is 1.68. The Morgan fingerprint density at radius 1 is 1.43 bits per heavy atom. The van der Waals surface area contributed by atoms with Crippen LogP contribution in [0, 0.1) is 28.5 Å². The summed E-state index contributed by atoms with van der Waals surface area (Å²) in [6.07, 6.45) is 1.21. The predicted octanol–water partition coefficient (Wildman–Crippen LogP) is 0.986. The molecule has 0 unspecified atom stereocenters. The van der Waals surface area contributed by atoms with Crippen LogP contribution in [-0.2, 0) is 11.3 Å². The van der Waals surface area contributed by atoms with Crippen LogP contribution >= 0.6 is 0 Å². The third-order valence-corrected chi connectivity index (χ3v) is 2.65. The Balaban J connectivity index is 2.16. The van der Waals surface area contributed by atoms with Crippen LogP contribution in [0.3, 0.4) is 0 Å². The first-order chi connectivity index (χ1) is 10.0. The molecule has 0 fully saturated rings. The largest absolute Gasteiger partial charge is 0.397 e. The molecule has 0 aliphatic heterocycles. The van der Waals surface area contributed by atoms with E-state index >= 15 is 0 Å². The number of nitrogens with one attached hydrogen (secondary N) is 1. The van der Waals surface area contributed by atoms with E-state index in [9.17, 15) is 9.18 Å². The number of benzene rings is 1. The second kappa shape index (κ2) is 5.72. The van der Waals surface area contributed by atoms with Crippen LogP contribution < -0.4 is 11.1 Å². The van der Waals surface area contributed by atoms with E-state index in [1.807, 2.05) is 0 Å². The SMILES string of the molecule is N#Cc1ncn(CC(=O)Nc2cc(F)ccc2N)c1C#N. The first-order valence-electron chi connectivity index (χ1n) is 5.75. The average molecular weight is 284 g/mol. The summed E-state index contributed by atoms with van der Waals surface area (Å²) in [5.74, 6) is -1.06. The van der Waals surface area contributed by atoms with Crippen LogP contribution in [0.5, 0.6) is 0 Å².